The van der Waals surface area contributed by atoms with Crippen LogP contribution in [-0.4, -0.2) is 31.0 Å². The topological polar surface area (TPSA) is 88.9 Å². The summed E-state index contributed by atoms with van der Waals surface area (Å²) in [6, 6.07) is 1.44. The van der Waals surface area contributed by atoms with Crippen LogP contribution in [0.1, 0.15) is 22.5 Å². The second kappa shape index (κ2) is 4.78. The Morgan fingerprint density at radius 2 is 2.11 bits per heavy atom. The second-order valence-corrected chi connectivity index (χ2v) is 3.19. The number of aromatic carboxylic acids is 1. The molecule has 2 aromatic heterocycles. The van der Waals surface area contributed by atoms with Gasteiger partial charge >= 0.3 is 5.97 Å². The van der Waals surface area contributed by atoms with Gasteiger partial charge in [-0.05, 0) is 6.07 Å². The maximum absolute atomic E-state index is 12.7. The standard InChI is InChI=1S/C10H6F2N4O2/c11-8(12)7-5(10(17)18)3-14-9(16-7)6-1-2-13-4-15-6/h1-4,8H,(H,17,18). The first-order chi connectivity index (χ1) is 8.59. The van der Waals surface area contributed by atoms with E-state index in [0.29, 0.717) is 0 Å². The molecule has 0 saturated carbocycles. The smallest absolute Gasteiger partial charge is 0.339 e. The van der Waals surface area contributed by atoms with Gasteiger partial charge in [0.2, 0.25) is 0 Å². The van der Waals surface area contributed by atoms with Gasteiger partial charge in [-0.3, -0.25) is 0 Å². The summed E-state index contributed by atoms with van der Waals surface area (Å²) in [6.07, 6.45) is 0.457. The quantitative estimate of drug-likeness (QED) is 0.891. The van der Waals surface area contributed by atoms with Crippen LogP contribution in [0.4, 0.5) is 8.78 Å². The van der Waals surface area contributed by atoms with Crippen molar-refractivity contribution in [1.29, 1.82) is 0 Å². The number of hydrogen-bond donors (Lipinski definition) is 1. The number of alkyl halides is 2. The molecule has 1 N–H and O–H groups in total. The zero-order chi connectivity index (χ0) is 13.1. The number of hydrogen-bond acceptors (Lipinski definition) is 5. The normalized spacial score (nSPS) is 10.6. The van der Waals surface area contributed by atoms with Gasteiger partial charge in [-0.25, -0.2) is 33.5 Å². The van der Waals surface area contributed by atoms with Gasteiger partial charge in [0, 0.05) is 12.4 Å². The highest BCUT2D eigenvalue weighted by Gasteiger charge is 2.21. The minimum Gasteiger partial charge on any atom is -0.478 e. The molecule has 0 unspecified atom stereocenters. The van der Waals surface area contributed by atoms with Crippen LogP contribution in [0.5, 0.6) is 0 Å². The summed E-state index contributed by atoms with van der Waals surface area (Å²) in [5, 5.41) is 8.74. The fraction of sp³-hybridized carbons (Fsp3) is 0.100. The predicted octanol–water partition coefficient (Wildman–Crippen LogP) is 1.57. The van der Waals surface area contributed by atoms with Crippen LogP contribution in [-0.2, 0) is 0 Å². The summed E-state index contributed by atoms with van der Waals surface area (Å²) in [5.41, 5.74) is -1.21. The summed E-state index contributed by atoms with van der Waals surface area (Å²) >= 11 is 0. The third kappa shape index (κ3) is 2.26. The molecule has 0 radical (unpaired) electrons. The molecule has 8 heteroatoms. The SMILES string of the molecule is O=C(O)c1cnc(-c2ccncn2)nc1C(F)F. The molecule has 0 aliphatic heterocycles. The van der Waals surface area contributed by atoms with Crippen LogP contribution < -0.4 is 0 Å². The summed E-state index contributed by atoms with van der Waals surface area (Å²) in [6.45, 7) is 0. The molecule has 2 heterocycles. The van der Waals surface area contributed by atoms with Crippen LogP contribution >= 0.6 is 0 Å². The van der Waals surface area contributed by atoms with Gasteiger partial charge in [0.05, 0.1) is 0 Å². The van der Waals surface area contributed by atoms with Crippen molar-refractivity contribution < 1.29 is 18.7 Å². The molecule has 0 amide bonds. The molecule has 0 bridgehead atoms. The van der Waals surface area contributed by atoms with E-state index < -0.39 is 23.7 Å². The molecule has 0 aliphatic rings. The predicted molar refractivity (Wildman–Crippen MR) is 55.0 cm³/mol. The van der Waals surface area contributed by atoms with E-state index in [1.807, 2.05) is 0 Å². The minimum atomic E-state index is -3.00. The molecule has 0 aliphatic carbocycles. The van der Waals surface area contributed by atoms with Crippen molar-refractivity contribution in [2.24, 2.45) is 0 Å². The number of carboxylic acid groups (broad SMARTS) is 1. The summed E-state index contributed by atoms with van der Waals surface area (Å²) < 4.78 is 25.4. The average molecular weight is 252 g/mol. The van der Waals surface area contributed by atoms with Gasteiger partial charge in [-0.1, -0.05) is 0 Å². The highest BCUT2D eigenvalue weighted by atomic mass is 19.3. The number of nitrogens with zero attached hydrogens (tertiary/aromatic N) is 4. The third-order valence-electron chi connectivity index (χ3n) is 2.07. The van der Waals surface area contributed by atoms with Crippen molar-refractivity contribution in [3.05, 3.63) is 36.0 Å². The molecule has 0 atom stereocenters. The van der Waals surface area contributed by atoms with E-state index in [2.05, 4.69) is 19.9 Å². The fourth-order valence-corrected chi connectivity index (χ4v) is 1.27. The van der Waals surface area contributed by atoms with Crippen LogP contribution in [0.3, 0.4) is 0 Å². The molecule has 0 spiro atoms. The Bertz CT molecular complexity index is 577. The van der Waals surface area contributed by atoms with E-state index in [-0.39, 0.29) is 11.5 Å². The van der Waals surface area contributed by atoms with E-state index in [4.69, 9.17) is 5.11 Å². The van der Waals surface area contributed by atoms with E-state index >= 15 is 0 Å². The highest BCUT2D eigenvalue weighted by Crippen LogP contribution is 2.22. The number of rotatable bonds is 3. The lowest BCUT2D eigenvalue weighted by atomic mass is 10.2. The zero-order valence-electron chi connectivity index (χ0n) is 8.79. The van der Waals surface area contributed by atoms with Gasteiger partial charge in [-0.15, -0.1) is 0 Å². The Balaban J connectivity index is 2.54. The molecule has 2 aromatic rings. The van der Waals surface area contributed by atoms with Crippen LogP contribution in [0, 0.1) is 0 Å². The first-order valence-corrected chi connectivity index (χ1v) is 4.74. The van der Waals surface area contributed by atoms with Crippen molar-refractivity contribution in [1.82, 2.24) is 19.9 Å². The van der Waals surface area contributed by atoms with Gasteiger partial charge in [0.15, 0.2) is 5.82 Å². The molecule has 0 aromatic carbocycles. The van der Waals surface area contributed by atoms with Gasteiger partial charge in [0.25, 0.3) is 6.43 Å². The number of carbonyl (C=O) groups is 1. The number of halogens is 2. The van der Waals surface area contributed by atoms with Crippen molar-refractivity contribution in [3.63, 3.8) is 0 Å². The van der Waals surface area contributed by atoms with E-state index in [9.17, 15) is 13.6 Å². The zero-order valence-corrected chi connectivity index (χ0v) is 8.79. The maximum atomic E-state index is 12.7. The second-order valence-electron chi connectivity index (χ2n) is 3.19. The van der Waals surface area contributed by atoms with E-state index in [1.165, 1.54) is 18.6 Å². The van der Waals surface area contributed by atoms with Crippen molar-refractivity contribution in [2.75, 3.05) is 0 Å². The van der Waals surface area contributed by atoms with E-state index in [0.717, 1.165) is 6.20 Å². The van der Waals surface area contributed by atoms with Crippen LogP contribution in [0.25, 0.3) is 11.5 Å². The molecule has 0 saturated heterocycles. The molecule has 18 heavy (non-hydrogen) atoms. The average Bonchev–Trinajstić information content (AvgIpc) is 2.39. The van der Waals surface area contributed by atoms with Crippen molar-refractivity contribution in [2.45, 2.75) is 6.43 Å². The van der Waals surface area contributed by atoms with Crippen LogP contribution in [0.15, 0.2) is 24.8 Å². The van der Waals surface area contributed by atoms with Crippen molar-refractivity contribution >= 4 is 5.97 Å². The fourth-order valence-electron chi connectivity index (χ4n) is 1.27. The number of aromatic nitrogens is 4. The first kappa shape index (κ1) is 12.0. The summed E-state index contributed by atoms with van der Waals surface area (Å²) in [5.74, 6) is -1.57. The Morgan fingerprint density at radius 1 is 1.33 bits per heavy atom. The lowest BCUT2D eigenvalue weighted by Gasteiger charge is -2.05. The molecule has 2 rings (SSSR count). The largest absolute Gasteiger partial charge is 0.478 e. The van der Waals surface area contributed by atoms with Gasteiger partial charge in [0.1, 0.15) is 23.3 Å². The lowest BCUT2D eigenvalue weighted by Crippen LogP contribution is -2.08. The Morgan fingerprint density at radius 3 is 2.67 bits per heavy atom. The maximum Gasteiger partial charge on any atom is 0.339 e. The van der Waals surface area contributed by atoms with Gasteiger partial charge < -0.3 is 5.11 Å². The Labute approximate surface area is 99.4 Å². The number of carboxylic acids is 1. The monoisotopic (exact) mass is 252 g/mol. The minimum absolute atomic E-state index is 0.0716. The molecular weight excluding hydrogens is 246 g/mol. The molecular formula is C10H6F2N4O2. The first-order valence-electron chi connectivity index (χ1n) is 4.74. The molecule has 0 fully saturated rings. The highest BCUT2D eigenvalue weighted by molar-refractivity contribution is 5.88. The van der Waals surface area contributed by atoms with E-state index in [1.54, 1.807) is 0 Å². The van der Waals surface area contributed by atoms with Crippen LogP contribution in [0.2, 0.25) is 0 Å². The molecule has 6 nitrogen and oxygen atoms in total. The lowest BCUT2D eigenvalue weighted by molar-refractivity contribution is 0.0681. The Hall–Kier alpha value is -2.51. The third-order valence-corrected chi connectivity index (χ3v) is 2.07. The summed E-state index contributed by atoms with van der Waals surface area (Å²) in [7, 11) is 0. The van der Waals surface area contributed by atoms with Gasteiger partial charge in [-0.2, -0.15) is 0 Å². The Kier molecular flexibility index (Phi) is 3.18. The summed E-state index contributed by atoms with van der Waals surface area (Å²) in [4.78, 5) is 25.4. The van der Waals surface area contributed by atoms with Crippen molar-refractivity contribution in [3.8, 4) is 11.5 Å². The molecule has 92 valence electrons.